The van der Waals surface area contributed by atoms with E-state index in [0.29, 0.717) is 24.0 Å². The van der Waals surface area contributed by atoms with Crippen LogP contribution in [0.15, 0.2) is 30.5 Å². The number of imidazole rings is 1. The molecule has 2 amide bonds. The molecule has 5 rings (SSSR count). The van der Waals surface area contributed by atoms with E-state index >= 15 is 0 Å². The number of nitrogens with two attached hydrogens (primary N) is 1. The summed E-state index contributed by atoms with van der Waals surface area (Å²) in [5.74, 6) is 0.0487. The van der Waals surface area contributed by atoms with E-state index in [4.69, 9.17) is 5.73 Å². The first-order valence-electron chi connectivity index (χ1n) is 14.1. The van der Waals surface area contributed by atoms with E-state index in [9.17, 15) is 19.5 Å². The maximum absolute atomic E-state index is 14.1. The molecule has 0 radical (unpaired) electrons. The molecule has 2 aliphatic carbocycles. The van der Waals surface area contributed by atoms with Crippen molar-refractivity contribution >= 4 is 28.7 Å². The van der Waals surface area contributed by atoms with Gasteiger partial charge in [0, 0.05) is 35.6 Å². The van der Waals surface area contributed by atoms with Crippen LogP contribution < -0.4 is 5.73 Å². The van der Waals surface area contributed by atoms with Crippen LogP contribution in [0.5, 0.6) is 0 Å². The molecule has 5 atom stereocenters. The van der Waals surface area contributed by atoms with Gasteiger partial charge in [0.1, 0.15) is 11.9 Å². The molecule has 5 N–H and O–H groups in total. The van der Waals surface area contributed by atoms with Crippen molar-refractivity contribution in [1.82, 2.24) is 19.9 Å². The summed E-state index contributed by atoms with van der Waals surface area (Å²) in [5, 5.41) is 10.7. The van der Waals surface area contributed by atoms with Crippen LogP contribution in [-0.4, -0.2) is 48.8 Å². The van der Waals surface area contributed by atoms with Gasteiger partial charge in [-0.1, -0.05) is 38.5 Å². The number of carbonyl (C=O) groups is 3. The molecule has 2 bridgehead atoms. The number of aromatic carboxylic acids is 1. The summed E-state index contributed by atoms with van der Waals surface area (Å²) in [6.07, 6.45) is 7.43. The Kier molecular flexibility index (Phi) is 7.62. The first-order chi connectivity index (χ1) is 18.6. The summed E-state index contributed by atoms with van der Waals surface area (Å²) in [7, 11) is 0. The topological polar surface area (TPSA) is 145 Å². The average Bonchev–Trinajstić information content (AvgIpc) is 3.67. The van der Waals surface area contributed by atoms with Gasteiger partial charge in [-0.2, -0.15) is 0 Å². The molecule has 3 aromatic rings. The highest BCUT2D eigenvalue weighted by atomic mass is 16.4. The zero-order valence-electron chi connectivity index (χ0n) is 22.9. The average molecular weight is 534 g/mol. The number of aromatic amines is 2. The van der Waals surface area contributed by atoms with Crippen molar-refractivity contribution in [3.05, 3.63) is 53.2 Å². The van der Waals surface area contributed by atoms with Crippen molar-refractivity contribution < 1.29 is 19.5 Å². The van der Waals surface area contributed by atoms with Gasteiger partial charge in [-0.05, 0) is 67.9 Å². The second kappa shape index (κ2) is 11.0. The van der Waals surface area contributed by atoms with E-state index in [0.717, 1.165) is 35.7 Å². The Labute approximate surface area is 228 Å². The maximum atomic E-state index is 14.1. The molecule has 0 aliphatic heterocycles. The summed E-state index contributed by atoms with van der Waals surface area (Å²) in [6.45, 7) is 5.62. The second-order valence-electron chi connectivity index (χ2n) is 12.0. The van der Waals surface area contributed by atoms with Gasteiger partial charge in [-0.3, -0.25) is 14.5 Å². The standard InChI is InChI=1S/C30H39N5O4/c1-16(2)10-23(31)29(37)35(26(36)14-20-12-18-8-9-19(20)11-18)25(28-33-17(3)27(34-28)30(38)39)13-21-15-32-24-7-5-4-6-22(21)24/h4-7,15-16,18-20,23,25,32H,8-14,31H2,1-3H3,(H,33,34)(H,38,39)/t18?,19?,20?,23-,25+/m0/s1. The lowest BCUT2D eigenvalue weighted by Crippen LogP contribution is -2.50. The molecule has 208 valence electrons. The Morgan fingerprint density at radius 2 is 1.95 bits per heavy atom. The van der Waals surface area contributed by atoms with Gasteiger partial charge >= 0.3 is 5.97 Å². The van der Waals surface area contributed by atoms with E-state index in [1.54, 1.807) is 6.92 Å². The maximum Gasteiger partial charge on any atom is 0.356 e. The predicted molar refractivity (Wildman–Crippen MR) is 148 cm³/mol. The van der Waals surface area contributed by atoms with Crippen LogP contribution in [0.4, 0.5) is 0 Å². The number of carboxylic acid groups (broad SMARTS) is 1. The van der Waals surface area contributed by atoms with E-state index < -0.39 is 24.0 Å². The zero-order valence-corrected chi connectivity index (χ0v) is 22.9. The van der Waals surface area contributed by atoms with E-state index in [1.807, 2.05) is 44.3 Å². The normalized spacial score (nSPS) is 21.9. The third-order valence-electron chi connectivity index (χ3n) is 8.69. The van der Waals surface area contributed by atoms with Crippen molar-refractivity contribution in [1.29, 1.82) is 0 Å². The third kappa shape index (κ3) is 5.50. The van der Waals surface area contributed by atoms with Gasteiger partial charge in [-0.15, -0.1) is 0 Å². The van der Waals surface area contributed by atoms with Crippen molar-refractivity contribution in [2.75, 3.05) is 0 Å². The van der Waals surface area contributed by atoms with Gasteiger partial charge in [0.05, 0.1) is 6.04 Å². The van der Waals surface area contributed by atoms with Crippen LogP contribution in [0.25, 0.3) is 10.9 Å². The molecule has 2 aliphatic rings. The van der Waals surface area contributed by atoms with Crippen LogP contribution in [0.3, 0.4) is 0 Å². The molecule has 39 heavy (non-hydrogen) atoms. The van der Waals surface area contributed by atoms with E-state index in [2.05, 4.69) is 15.0 Å². The number of carbonyl (C=O) groups excluding carboxylic acids is 2. The lowest BCUT2D eigenvalue weighted by molar-refractivity contribution is -0.150. The molecule has 3 unspecified atom stereocenters. The summed E-state index contributed by atoms with van der Waals surface area (Å²) in [6, 6.07) is 6.16. The Hall–Kier alpha value is -3.46. The molecule has 2 aromatic heterocycles. The number of H-pyrrole nitrogens is 2. The fraction of sp³-hybridized carbons (Fsp3) is 0.533. The highest BCUT2D eigenvalue weighted by molar-refractivity contribution is 5.98. The quantitative estimate of drug-likeness (QED) is 0.296. The SMILES string of the molecule is Cc1[nH]c([C@@H](Cc2c[nH]c3ccccc23)N(C(=O)CC2CC3CCC2C3)C(=O)[C@@H](N)CC(C)C)nc1C(=O)O. The molecule has 2 heterocycles. The molecular weight excluding hydrogens is 494 g/mol. The number of amides is 2. The predicted octanol–water partition coefficient (Wildman–Crippen LogP) is 4.74. The number of nitrogens with one attached hydrogen (secondary N) is 2. The summed E-state index contributed by atoms with van der Waals surface area (Å²) in [4.78, 5) is 52.0. The zero-order chi connectivity index (χ0) is 27.8. The molecule has 0 spiro atoms. The van der Waals surface area contributed by atoms with E-state index in [-0.39, 0.29) is 42.1 Å². The molecule has 2 saturated carbocycles. The molecule has 9 nitrogen and oxygen atoms in total. The van der Waals surface area contributed by atoms with Crippen molar-refractivity contribution in [3.8, 4) is 0 Å². The molecule has 0 saturated heterocycles. The van der Waals surface area contributed by atoms with Gasteiger partial charge in [0.25, 0.3) is 0 Å². The number of fused-ring (bicyclic) bond motifs is 3. The number of rotatable bonds is 10. The number of hydrogen-bond donors (Lipinski definition) is 4. The van der Waals surface area contributed by atoms with Crippen LogP contribution in [0.2, 0.25) is 0 Å². The Bertz CT molecular complexity index is 1370. The summed E-state index contributed by atoms with van der Waals surface area (Å²) < 4.78 is 0. The first-order valence-corrected chi connectivity index (χ1v) is 14.1. The van der Waals surface area contributed by atoms with Gasteiger partial charge in [-0.25, -0.2) is 9.78 Å². The number of carboxylic acids is 1. The third-order valence-corrected chi connectivity index (χ3v) is 8.69. The van der Waals surface area contributed by atoms with Crippen LogP contribution in [0.1, 0.15) is 86.0 Å². The number of hydrogen-bond acceptors (Lipinski definition) is 5. The fourth-order valence-electron chi connectivity index (χ4n) is 6.86. The van der Waals surface area contributed by atoms with Gasteiger partial charge in [0.15, 0.2) is 5.69 Å². The number of imide groups is 1. The minimum absolute atomic E-state index is 0.117. The number of aryl methyl sites for hydroxylation is 1. The van der Waals surface area contributed by atoms with Crippen LogP contribution in [-0.2, 0) is 16.0 Å². The monoisotopic (exact) mass is 533 g/mol. The lowest BCUT2D eigenvalue weighted by Gasteiger charge is -2.33. The summed E-state index contributed by atoms with van der Waals surface area (Å²) >= 11 is 0. The van der Waals surface area contributed by atoms with Crippen LogP contribution >= 0.6 is 0 Å². The minimum Gasteiger partial charge on any atom is -0.476 e. The lowest BCUT2D eigenvalue weighted by atomic mass is 9.85. The minimum atomic E-state index is -1.16. The number of benzene rings is 1. The Morgan fingerprint density at radius 1 is 1.18 bits per heavy atom. The number of nitrogens with zero attached hydrogens (tertiary/aromatic N) is 2. The highest BCUT2D eigenvalue weighted by Gasteiger charge is 2.43. The van der Waals surface area contributed by atoms with Crippen molar-refractivity contribution in [2.45, 2.75) is 77.8 Å². The largest absolute Gasteiger partial charge is 0.476 e. The molecule has 1 aromatic carbocycles. The molecule has 9 heteroatoms. The summed E-state index contributed by atoms with van der Waals surface area (Å²) in [5.41, 5.74) is 8.52. The second-order valence-corrected chi connectivity index (χ2v) is 12.0. The smallest absolute Gasteiger partial charge is 0.356 e. The Balaban J connectivity index is 1.56. The Morgan fingerprint density at radius 3 is 2.59 bits per heavy atom. The molecule has 2 fully saturated rings. The fourth-order valence-corrected chi connectivity index (χ4v) is 6.86. The van der Waals surface area contributed by atoms with Gasteiger partial charge < -0.3 is 20.8 Å². The van der Waals surface area contributed by atoms with Gasteiger partial charge in [0.2, 0.25) is 11.8 Å². The van der Waals surface area contributed by atoms with E-state index in [1.165, 1.54) is 11.3 Å². The first kappa shape index (κ1) is 27.1. The number of aromatic nitrogens is 3. The molecular formula is C30H39N5O4. The highest BCUT2D eigenvalue weighted by Crippen LogP contribution is 2.50. The van der Waals surface area contributed by atoms with Crippen molar-refractivity contribution in [2.24, 2.45) is 29.4 Å². The number of para-hydroxylation sites is 1. The van der Waals surface area contributed by atoms with Crippen LogP contribution in [0, 0.1) is 30.6 Å². The van der Waals surface area contributed by atoms with Crippen molar-refractivity contribution in [3.63, 3.8) is 0 Å².